The maximum Gasteiger partial charge on any atom is 0.212 e. The third-order valence-corrected chi connectivity index (χ3v) is 4.30. The van der Waals surface area contributed by atoms with Crippen molar-refractivity contribution in [3.63, 3.8) is 0 Å². The second-order valence-corrected chi connectivity index (χ2v) is 6.18. The fourth-order valence-electron chi connectivity index (χ4n) is 2.44. The molecule has 0 saturated carbocycles. The highest BCUT2D eigenvalue weighted by molar-refractivity contribution is 5.61. The topological polar surface area (TPSA) is 3.88 Å². The van der Waals surface area contributed by atoms with E-state index in [-0.39, 0.29) is 5.41 Å². The monoisotopic (exact) mass is 271 g/mol. The fourth-order valence-corrected chi connectivity index (χ4v) is 2.44. The predicted molar refractivity (Wildman–Crippen MR) is 85.8 cm³/mol. The second kappa shape index (κ2) is 5.40. The van der Waals surface area contributed by atoms with Crippen molar-refractivity contribution in [1.82, 2.24) is 0 Å². The van der Waals surface area contributed by atoms with Crippen LogP contribution in [0, 0.1) is 13.8 Å². The first-order valence-corrected chi connectivity index (χ1v) is 7.18. The van der Waals surface area contributed by atoms with E-state index in [2.05, 4.69) is 43.7 Å². The van der Waals surface area contributed by atoms with Crippen molar-refractivity contribution in [2.75, 3.05) is 0 Å². The third kappa shape index (κ3) is 2.77. The molecule has 0 atom stereocenters. The lowest BCUT2D eigenvalue weighted by molar-refractivity contribution is -0.661. The molecule has 1 heterocycles. The summed E-state index contributed by atoms with van der Waals surface area (Å²) in [6.07, 6.45) is 3.26. The summed E-state index contributed by atoms with van der Waals surface area (Å²) in [5.74, 6) is 0. The number of rotatable bonds is 3. The van der Waals surface area contributed by atoms with Crippen molar-refractivity contribution in [3.8, 4) is 11.3 Å². The van der Waals surface area contributed by atoms with Gasteiger partial charge >= 0.3 is 0 Å². The number of hydrogen-bond donors (Lipinski definition) is 0. The largest absolute Gasteiger partial charge is 0.212 e. The van der Waals surface area contributed by atoms with E-state index in [0.717, 1.165) is 23.2 Å². The van der Waals surface area contributed by atoms with Crippen LogP contribution < -0.4 is 4.57 Å². The highest BCUT2D eigenvalue weighted by Gasteiger charge is 2.22. The molecule has 0 aliphatic carbocycles. The molecule has 20 heavy (non-hydrogen) atoms. The number of hydrogen-bond acceptors (Lipinski definition) is 0. The molecule has 0 bridgehead atoms. The molecule has 1 nitrogen and oxygen atoms in total. The summed E-state index contributed by atoms with van der Waals surface area (Å²) in [4.78, 5) is 0. The van der Waals surface area contributed by atoms with Gasteiger partial charge in [0.2, 0.25) is 5.69 Å². The second-order valence-electron chi connectivity index (χ2n) is 6.18. The van der Waals surface area contributed by atoms with E-state index in [0.29, 0.717) is 5.56 Å². The Kier molecular flexibility index (Phi) is 2.99. The molecule has 0 N–H and O–H groups in total. The third-order valence-electron chi connectivity index (χ3n) is 4.30. The van der Waals surface area contributed by atoms with Crippen molar-refractivity contribution < 1.29 is 8.68 Å². The van der Waals surface area contributed by atoms with Crippen LogP contribution >= 0.6 is 0 Å². The zero-order valence-corrected chi connectivity index (χ0v) is 13.1. The van der Waals surface area contributed by atoms with E-state index in [9.17, 15) is 0 Å². The van der Waals surface area contributed by atoms with E-state index >= 15 is 0 Å². The van der Waals surface area contributed by atoms with Gasteiger partial charge in [-0.05, 0) is 43.3 Å². The van der Waals surface area contributed by atoms with Crippen LogP contribution in [0.1, 0.15) is 48.0 Å². The van der Waals surface area contributed by atoms with E-state index in [1.54, 1.807) is 12.1 Å². The van der Waals surface area contributed by atoms with E-state index in [4.69, 9.17) is 4.11 Å². The number of nitrogens with zero attached hydrogens (tertiary/aromatic N) is 1. The van der Waals surface area contributed by atoms with Crippen LogP contribution in [0.3, 0.4) is 0 Å². The maximum absolute atomic E-state index is 7.53. The summed E-state index contributed by atoms with van der Waals surface area (Å²) in [6.45, 7) is 6.61. The average Bonchev–Trinajstić information content (AvgIpc) is 2.46. The van der Waals surface area contributed by atoms with Crippen LogP contribution in [0.25, 0.3) is 11.3 Å². The Morgan fingerprint density at radius 2 is 1.95 bits per heavy atom. The first kappa shape index (κ1) is 11.1. The van der Waals surface area contributed by atoms with Gasteiger partial charge in [-0.25, -0.2) is 4.57 Å². The Morgan fingerprint density at radius 3 is 2.50 bits per heavy atom. The number of aromatic nitrogens is 1. The molecule has 1 aromatic heterocycles. The normalized spacial score (nSPS) is 14.6. The summed E-state index contributed by atoms with van der Waals surface area (Å²) in [5, 5.41) is 0. The Hall–Kier alpha value is -1.63. The quantitative estimate of drug-likeness (QED) is 0.725. The maximum atomic E-state index is 7.53. The SMILES string of the molecule is [2H]C([2H])([2H])c1ccc(-c2ccc(C(C)(C)CC)c[n+]2C)c(C)c1. The molecule has 106 valence electrons. The van der Waals surface area contributed by atoms with Gasteiger partial charge < -0.3 is 0 Å². The van der Waals surface area contributed by atoms with Gasteiger partial charge in [0.15, 0.2) is 6.20 Å². The van der Waals surface area contributed by atoms with Crippen LogP contribution in [0.15, 0.2) is 36.5 Å². The van der Waals surface area contributed by atoms with Crippen LogP contribution in [0.2, 0.25) is 0 Å². The Balaban J connectivity index is 2.48. The summed E-state index contributed by atoms with van der Waals surface area (Å²) in [6, 6.07) is 9.70. The van der Waals surface area contributed by atoms with Crippen molar-refractivity contribution >= 4 is 0 Å². The molecule has 1 heteroatoms. The Bertz CT molecular complexity index is 715. The van der Waals surface area contributed by atoms with Gasteiger partial charge in [-0.3, -0.25) is 0 Å². The van der Waals surface area contributed by atoms with E-state index in [1.165, 1.54) is 5.56 Å². The van der Waals surface area contributed by atoms with E-state index < -0.39 is 6.85 Å². The minimum atomic E-state index is -2.06. The minimum Gasteiger partial charge on any atom is -0.201 e. The van der Waals surface area contributed by atoms with Gasteiger partial charge in [0.05, 0.1) is 0 Å². The zero-order valence-electron chi connectivity index (χ0n) is 16.1. The smallest absolute Gasteiger partial charge is 0.201 e. The molecule has 0 amide bonds. The lowest BCUT2D eigenvalue weighted by Gasteiger charge is -2.21. The Morgan fingerprint density at radius 1 is 1.20 bits per heavy atom. The number of pyridine rings is 1. The van der Waals surface area contributed by atoms with Gasteiger partial charge in [-0.2, -0.15) is 0 Å². The van der Waals surface area contributed by atoms with Gasteiger partial charge in [0, 0.05) is 21.3 Å². The minimum absolute atomic E-state index is 0.149. The molecule has 0 aliphatic heterocycles. The summed E-state index contributed by atoms with van der Waals surface area (Å²) < 4.78 is 24.7. The highest BCUT2D eigenvalue weighted by Crippen LogP contribution is 2.27. The molecule has 0 fully saturated rings. The molecule has 1 aromatic carbocycles. The first-order valence-electron chi connectivity index (χ1n) is 8.68. The van der Waals surface area contributed by atoms with Crippen LogP contribution in [-0.4, -0.2) is 0 Å². The molecular formula is C19H26N+. The van der Waals surface area contributed by atoms with Crippen LogP contribution in [0.4, 0.5) is 0 Å². The van der Waals surface area contributed by atoms with E-state index in [1.807, 2.05) is 20.0 Å². The van der Waals surface area contributed by atoms with Gasteiger partial charge in [0.1, 0.15) is 7.05 Å². The number of benzene rings is 1. The molecule has 2 aromatic rings. The summed E-state index contributed by atoms with van der Waals surface area (Å²) >= 11 is 0. The molecule has 0 unspecified atom stereocenters. The summed E-state index contributed by atoms with van der Waals surface area (Å²) in [5.41, 5.74) is 5.00. The molecule has 0 saturated heterocycles. The predicted octanol–water partition coefficient (Wildman–Crippen LogP) is 4.48. The molecule has 0 spiro atoms. The van der Waals surface area contributed by atoms with Crippen LogP contribution in [0.5, 0.6) is 0 Å². The van der Waals surface area contributed by atoms with Crippen molar-refractivity contribution in [2.24, 2.45) is 7.05 Å². The van der Waals surface area contributed by atoms with Gasteiger partial charge in [-0.15, -0.1) is 0 Å². The standard InChI is InChI=1S/C19H26N/c1-7-19(4,5)16-9-11-18(20(6)13-16)17-10-8-14(2)12-15(17)3/h8-13H,7H2,1-6H3/q+1/i2D3. The lowest BCUT2D eigenvalue weighted by Crippen LogP contribution is -2.33. The fraction of sp³-hybridized carbons (Fsp3) is 0.421. The molecule has 0 radical (unpaired) electrons. The molecule has 0 aliphatic rings. The van der Waals surface area contributed by atoms with Crippen molar-refractivity contribution in [1.29, 1.82) is 0 Å². The lowest BCUT2D eigenvalue weighted by atomic mass is 9.83. The highest BCUT2D eigenvalue weighted by atomic mass is 14.9. The average molecular weight is 271 g/mol. The Labute approximate surface area is 127 Å². The molecule has 2 rings (SSSR count). The molecular weight excluding hydrogens is 242 g/mol. The number of aryl methyl sites for hydroxylation is 3. The van der Waals surface area contributed by atoms with Crippen molar-refractivity contribution in [3.05, 3.63) is 53.2 Å². The van der Waals surface area contributed by atoms with Gasteiger partial charge in [-0.1, -0.05) is 38.5 Å². The zero-order chi connectivity index (χ0) is 17.4. The van der Waals surface area contributed by atoms with Crippen LogP contribution in [-0.2, 0) is 12.5 Å². The van der Waals surface area contributed by atoms with Crippen molar-refractivity contribution in [2.45, 2.75) is 46.4 Å². The first-order chi connectivity index (χ1) is 10.6. The summed E-state index contributed by atoms with van der Waals surface area (Å²) in [7, 11) is 2.04. The van der Waals surface area contributed by atoms with Gasteiger partial charge in [0.25, 0.3) is 0 Å².